The molecule has 1 amide bonds. The zero-order chi connectivity index (χ0) is 16.2. The van der Waals surface area contributed by atoms with Crippen LogP contribution in [0.4, 0.5) is 0 Å². The first-order chi connectivity index (χ1) is 11.1. The molecule has 0 aliphatic carbocycles. The molecule has 6 heteroatoms. The minimum absolute atomic E-state index is 0.158. The van der Waals surface area contributed by atoms with Crippen LogP contribution in [0.25, 0.3) is 5.65 Å². The Balaban J connectivity index is 1.62. The maximum Gasteiger partial charge on any atom is 0.252 e. The van der Waals surface area contributed by atoms with Gasteiger partial charge in [-0.25, -0.2) is 0 Å². The monoisotopic (exact) mass is 310 g/mol. The summed E-state index contributed by atoms with van der Waals surface area (Å²) in [6.45, 7) is 1.88. The van der Waals surface area contributed by atoms with Crippen molar-refractivity contribution in [1.82, 2.24) is 19.9 Å². The first-order valence-corrected chi connectivity index (χ1v) is 7.47. The van der Waals surface area contributed by atoms with Crippen LogP contribution in [0, 0.1) is 0 Å². The molecule has 0 bridgehead atoms. The first kappa shape index (κ1) is 15.2. The summed E-state index contributed by atoms with van der Waals surface area (Å²) in [6.07, 6.45) is 3.08. The summed E-state index contributed by atoms with van der Waals surface area (Å²) in [4.78, 5) is 12.3. The molecule has 2 heterocycles. The van der Waals surface area contributed by atoms with Gasteiger partial charge in [0.05, 0.1) is 11.7 Å². The predicted molar refractivity (Wildman–Crippen MR) is 85.9 cm³/mol. The highest BCUT2D eigenvalue weighted by Crippen LogP contribution is 2.17. The van der Waals surface area contributed by atoms with Crippen LogP contribution in [-0.4, -0.2) is 31.7 Å². The molecule has 0 fully saturated rings. The quantitative estimate of drug-likeness (QED) is 0.755. The normalized spacial score (nSPS) is 13.7. The van der Waals surface area contributed by atoms with E-state index in [-0.39, 0.29) is 11.9 Å². The maximum atomic E-state index is 12.3. The van der Waals surface area contributed by atoms with E-state index in [0.717, 1.165) is 5.56 Å². The second-order valence-corrected chi connectivity index (χ2v) is 5.55. The van der Waals surface area contributed by atoms with Gasteiger partial charge in [-0.1, -0.05) is 30.3 Å². The average molecular weight is 310 g/mol. The molecule has 23 heavy (non-hydrogen) atoms. The lowest BCUT2D eigenvalue weighted by atomic mass is 10.0. The second-order valence-electron chi connectivity index (χ2n) is 5.55. The Bertz CT molecular complexity index is 800. The Morgan fingerprint density at radius 2 is 2.04 bits per heavy atom. The Morgan fingerprint density at radius 3 is 2.83 bits per heavy atom. The number of aromatic nitrogens is 3. The van der Waals surface area contributed by atoms with E-state index in [1.807, 2.05) is 37.3 Å². The molecule has 0 aliphatic heterocycles. The second kappa shape index (κ2) is 6.58. The van der Waals surface area contributed by atoms with E-state index < -0.39 is 6.10 Å². The van der Waals surface area contributed by atoms with Gasteiger partial charge in [0.15, 0.2) is 5.65 Å². The number of carbonyl (C=O) groups excluding carboxylic acids is 1. The van der Waals surface area contributed by atoms with Gasteiger partial charge < -0.3 is 10.4 Å². The standard InChI is InChI=1S/C17H18N4O2/c1-12(9-15(22)13-5-3-2-4-6-13)19-17(23)14-7-8-16-20-18-11-21(16)10-14/h2-8,10-12,15,22H,9H2,1H3,(H,19,23). The van der Waals surface area contributed by atoms with Crippen LogP contribution in [0.15, 0.2) is 55.0 Å². The third-order valence-corrected chi connectivity index (χ3v) is 3.69. The molecule has 2 aromatic heterocycles. The van der Waals surface area contributed by atoms with Gasteiger partial charge in [-0.3, -0.25) is 9.20 Å². The highest BCUT2D eigenvalue weighted by molar-refractivity contribution is 5.94. The number of aliphatic hydroxyl groups excluding tert-OH is 1. The van der Waals surface area contributed by atoms with Crippen LogP contribution in [-0.2, 0) is 0 Å². The lowest BCUT2D eigenvalue weighted by molar-refractivity contribution is 0.0916. The van der Waals surface area contributed by atoms with Gasteiger partial charge in [0.2, 0.25) is 0 Å². The number of hydrogen-bond acceptors (Lipinski definition) is 4. The fourth-order valence-corrected chi connectivity index (χ4v) is 2.47. The predicted octanol–water partition coefficient (Wildman–Crippen LogP) is 1.97. The van der Waals surface area contributed by atoms with Crippen molar-refractivity contribution in [3.8, 4) is 0 Å². The maximum absolute atomic E-state index is 12.3. The fraction of sp³-hybridized carbons (Fsp3) is 0.235. The van der Waals surface area contributed by atoms with Crippen molar-refractivity contribution in [2.45, 2.75) is 25.5 Å². The zero-order valence-corrected chi connectivity index (χ0v) is 12.8. The van der Waals surface area contributed by atoms with Gasteiger partial charge in [0.25, 0.3) is 5.91 Å². The fourth-order valence-electron chi connectivity index (χ4n) is 2.47. The number of fused-ring (bicyclic) bond motifs is 1. The number of benzene rings is 1. The summed E-state index contributed by atoms with van der Waals surface area (Å²) in [5, 5.41) is 20.8. The molecule has 0 spiro atoms. The van der Waals surface area contributed by atoms with Crippen molar-refractivity contribution in [2.24, 2.45) is 0 Å². The molecule has 1 aromatic carbocycles. The topological polar surface area (TPSA) is 79.5 Å². The molecule has 0 saturated heterocycles. The summed E-state index contributed by atoms with van der Waals surface area (Å²) >= 11 is 0. The van der Waals surface area contributed by atoms with E-state index in [0.29, 0.717) is 17.6 Å². The molecular formula is C17H18N4O2. The number of carbonyl (C=O) groups is 1. The number of nitrogens with one attached hydrogen (secondary N) is 1. The average Bonchev–Trinajstić information content (AvgIpc) is 3.03. The van der Waals surface area contributed by atoms with E-state index in [4.69, 9.17) is 0 Å². The highest BCUT2D eigenvalue weighted by atomic mass is 16.3. The first-order valence-electron chi connectivity index (χ1n) is 7.47. The molecule has 0 saturated carbocycles. The van der Waals surface area contributed by atoms with Crippen LogP contribution in [0.3, 0.4) is 0 Å². The lowest BCUT2D eigenvalue weighted by Crippen LogP contribution is -2.33. The Kier molecular flexibility index (Phi) is 4.34. The SMILES string of the molecule is CC(CC(O)c1ccccc1)NC(=O)c1ccc2nncn2c1. The number of hydrogen-bond donors (Lipinski definition) is 2. The molecule has 2 atom stereocenters. The van der Waals surface area contributed by atoms with Crippen LogP contribution in [0.5, 0.6) is 0 Å². The van der Waals surface area contributed by atoms with E-state index >= 15 is 0 Å². The third-order valence-electron chi connectivity index (χ3n) is 3.69. The number of pyridine rings is 1. The third kappa shape index (κ3) is 3.54. The van der Waals surface area contributed by atoms with Crippen molar-refractivity contribution in [2.75, 3.05) is 0 Å². The molecule has 118 valence electrons. The highest BCUT2D eigenvalue weighted by Gasteiger charge is 2.15. The van der Waals surface area contributed by atoms with Gasteiger partial charge in [0, 0.05) is 12.2 Å². The summed E-state index contributed by atoms with van der Waals surface area (Å²) in [7, 11) is 0. The Hall–Kier alpha value is -2.73. The van der Waals surface area contributed by atoms with Gasteiger partial charge in [0.1, 0.15) is 6.33 Å². The van der Waals surface area contributed by atoms with Crippen molar-refractivity contribution >= 4 is 11.6 Å². The largest absolute Gasteiger partial charge is 0.388 e. The smallest absolute Gasteiger partial charge is 0.252 e. The summed E-state index contributed by atoms with van der Waals surface area (Å²) < 4.78 is 1.69. The number of amides is 1. The molecular weight excluding hydrogens is 292 g/mol. The van der Waals surface area contributed by atoms with Crippen LogP contribution in [0.1, 0.15) is 35.4 Å². The van der Waals surface area contributed by atoms with Crippen molar-refractivity contribution in [1.29, 1.82) is 0 Å². The van der Waals surface area contributed by atoms with E-state index in [1.165, 1.54) is 0 Å². The molecule has 6 nitrogen and oxygen atoms in total. The summed E-state index contributed by atoms with van der Waals surface area (Å²) in [5.74, 6) is -0.187. The lowest BCUT2D eigenvalue weighted by Gasteiger charge is -2.18. The summed E-state index contributed by atoms with van der Waals surface area (Å²) in [5.41, 5.74) is 2.06. The molecule has 0 radical (unpaired) electrons. The summed E-state index contributed by atoms with van der Waals surface area (Å²) in [6, 6.07) is 12.7. The van der Waals surface area contributed by atoms with Crippen LogP contribution < -0.4 is 5.32 Å². The van der Waals surface area contributed by atoms with Gasteiger partial charge in [-0.15, -0.1) is 10.2 Å². The van der Waals surface area contributed by atoms with Crippen molar-refractivity contribution in [3.63, 3.8) is 0 Å². The molecule has 2 unspecified atom stereocenters. The van der Waals surface area contributed by atoms with Crippen LogP contribution in [0.2, 0.25) is 0 Å². The Morgan fingerprint density at radius 1 is 1.26 bits per heavy atom. The van der Waals surface area contributed by atoms with Gasteiger partial charge >= 0.3 is 0 Å². The van der Waals surface area contributed by atoms with E-state index in [9.17, 15) is 9.90 Å². The van der Waals surface area contributed by atoms with Crippen LogP contribution >= 0.6 is 0 Å². The molecule has 2 N–H and O–H groups in total. The van der Waals surface area contributed by atoms with Crippen molar-refractivity contribution < 1.29 is 9.90 Å². The molecule has 3 rings (SSSR count). The minimum Gasteiger partial charge on any atom is -0.388 e. The minimum atomic E-state index is -0.605. The Labute approximate surface area is 133 Å². The van der Waals surface area contributed by atoms with E-state index in [1.54, 1.807) is 29.1 Å². The molecule has 0 aliphatic rings. The van der Waals surface area contributed by atoms with E-state index in [2.05, 4.69) is 15.5 Å². The van der Waals surface area contributed by atoms with Crippen molar-refractivity contribution in [3.05, 3.63) is 66.1 Å². The number of nitrogens with zero attached hydrogens (tertiary/aromatic N) is 3. The number of rotatable bonds is 5. The van der Waals surface area contributed by atoms with Gasteiger partial charge in [-0.05, 0) is 31.0 Å². The van der Waals surface area contributed by atoms with Gasteiger partial charge in [-0.2, -0.15) is 0 Å². The molecule has 3 aromatic rings. The number of aliphatic hydroxyl groups is 1. The zero-order valence-electron chi connectivity index (χ0n) is 12.8.